The van der Waals surface area contributed by atoms with Gasteiger partial charge in [-0.05, 0) is 27.6 Å². The molecule has 1 aromatic heterocycles. The van der Waals surface area contributed by atoms with Crippen molar-refractivity contribution in [3.05, 3.63) is 33.0 Å². The Morgan fingerprint density at radius 3 is 2.62 bits per heavy atom. The van der Waals surface area contributed by atoms with Crippen LogP contribution in [-0.2, 0) is 0 Å². The van der Waals surface area contributed by atoms with Gasteiger partial charge < -0.3 is 10.1 Å². The lowest BCUT2D eigenvalue weighted by atomic mass is 10.3. The van der Waals surface area contributed by atoms with E-state index in [1.807, 2.05) is 0 Å². The summed E-state index contributed by atoms with van der Waals surface area (Å²) >= 11 is 5.31. The van der Waals surface area contributed by atoms with Crippen LogP contribution in [0, 0.1) is 10.1 Å². The number of nitrogens with zero attached hydrogens (tertiary/aromatic N) is 2. The third-order valence-corrected chi connectivity index (χ3v) is 1.49. The Morgan fingerprint density at radius 1 is 1.54 bits per heavy atom. The van der Waals surface area contributed by atoms with Crippen molar-refractivity contribution in [2.45, 2.75) is 6.43 Å². The van der Waals surface area contributed by atoms with Crippen LogP contribution in [0.5, 0.6) is 0 Å². The Hall–Kier alpha value is -1.30. The van der Waals surface area contributed by atoms with E-state index in [0.717, 1.165) is 12.1 Å². The Labute approximate surface area is 76.3 Å². The first-order chi connectivity index (χ1) is 6.02. The summed E-state index contributed by atoms with van der Waals surface area (Å²) in [5.74, 6) is -0.900. The monoisotopic (exact) mass is 208 g/mol. The van der Waals surface area contributed by atoms with E-state index in [2.05, 4.69) is 4.98 Å². The molecule has 0 radical (unpaired) electrons. The van der Waals surface area contributed by atoms with Crippen LogP contribution < -0.4 is 0 Å². The van der Waals surface area contributed by atoms with Crippen LogP contribution in [-0.4, -0.2) is 9.91 Å². The molecule has 0 aromatic carbocycles. The maximum atomic E-state index is 12.1. The van der Waals surface area contributed by atoms with E-state index >= 15 is 0 Å². The lowest BCUT2D eigenvalue weighted by molar-refractivity contribution is -0.391. The van der Waals surface area contributed by atoms with Gasteiger partial charge in [0.05, 0.1) is 0 Å². The number of nitro groups is 1. The molecule has 0 N–H and O–H groups in total. The first-order valence-electron chi connectivity index (χ1n) is 3.11. The lowest BCUT2D eigenvalue weighted by Crippen LogP contribution is -1.98. The zero-order valence-corrected chi connectivity index (χ0v) is 6.83. The number of halogens is 3. The quantitative estimate of drug-likeness (QED) is 0.426. The zero-order valence-electron chi connectivity index (χ0n) is 6.08. The fourth-order valence-electron chi connectivity index (χ4n) is 0.753. The average Bonchev–Trinajstić information content (AvgIpc) is 2.03. The minimum Gasteiger partial charge on any atom is -0.358 e. The molecule has 1 heterocycles. The summed E-state index contributed by atoms with van der Waals surface area (Å²) in [5.41, 5.74) is -0.727. The molecule has 7 heteroatoms. The van der Waals surface area contributed by atoms with E-state index in [0.29, 0.717) is 0 Å². The van der Waals surface area contributed by atoms with Gasteiger partial charge in [0.1, 0.15) is 5.56 Å². The van der Waals surface area contributed by atoms with Crippen molar-refractivity contribution in [2.24, 2.45) is 0 Å². The topological polar surface area (TPSA) is 56.0 Å². The first-order valence-corrected chi connectivity index (χ1v) is 3.49. The molecule has 0 aliphatic carbocycles. The van der Waals surface area contributed by atoms with Crippen molar-refractivity contribution in [1.82, 2.24) is 4.98 Å². The molecular weight excluding hydrogens is 206 g/mol. The zero-order chi connectivity index (χ0) is 10.0. The summed E-state index contributed by atoms with van der Waals surface area (Å²) in [6.45, 7) is 0. The van der Waals surface area contributed by atoms with Gasteiger partial charge >= 0.3 is 5.82 Å². The smallest absolute Gasteiger partial charge is 0.358 e. The van der Waals surface area contributed by atoms with E-state index in [-0.39, 0.29) is 5.15 Å². The largest absolute Gasteiger partial charge is 0.374 e. The normalized spacial score (nSPS) is 10.5. The molecule has 0 spiro atoms. The molecule has 0 unspecified atom stereocenters. The van der Waals surface area contributed by atoms with Crippen molar-refractivity contribution in [3.8, 4) is 0 Å². The van der Waals surface area contributed by atoms with Crippen LogP contribution in [0.2, 0.25) is 5.15 Å². The predicted molar refractivity (Wildman–Crippen MR) is 40.9 cm³/mol. The van der Waals surface area contributed by atoms with E-state index < -0.39 is 22.7 Å². The van der Waals surface area contributed by atoms with Crippen LogP contribution in [0.25, 0.3) is 0 Å². The SMILES string of the molecule is O=[N+]([O-])c1nc(Cl)ccc1C(F)F. The molecule has 0 bridgehead atoms. The number of hydrogen-bond acceptors (Lipinski definition) is 3. The Morgan fingerprint density at radius 2 is 2.15 bits per heavy atom. The second-order valence-corrected chi connectivity index (χ2v) is 2.49. The second-order valence-electron chi connectivity index (χ2n) is 2.10. The Bertz CT molecular complexity index is 345. The number of hydrogen-bond donors (Lipinski definition) is 0. The number of rotatable bonds is 2. The van der Waals surface area contributed by atoms with Crippen LogP contribution in [0.4, 0.5) is 14.6 Å². The fourth-order valence-corrected chi connectivity index (χ4v) is 0.896. The third kappa shape index (κ3) is 2.09. The van der Waals surface area contributed by atoms with Crippen LogP contribution in [0.3, 0.4) is 0 Å². The van der Waals surface area contributed by atoms with E-state index in [9.17, 15) is 18.9 Å². The second kappa shape index (κ2) is 3.61. The highest BCUT2D eigenvalue weighted by molar-refractivity contribution is 6.29. The minimum absolute atomic E-state index is 0.184. The first kappa shape index (κ1) is 9.79. The Kier molecular flexibility index (Phi) is 2.72. The maximum absolute atomic E-state index is 12.1. The summed E-state index contributed by atoms with van der Waals surface area (Å²) in [4.78, 5) is 12.4. The molecule has 1 aromatic rings. The van der Waals surface area contributed by atoms with Gasteiger partial charge in [-0.15, -0.1) is 0 Å². The van der Waals surface area contributed by atoms with Crippen molar-refractivity contribution in [1.29, 1.82) is 0 Å². The summed E-state index contributed by atoms with van der Waals surface area (Å²) < 4.78 is 24.3. The van der Waals surface area contributed by atoms with Crippen LogP contribution in [0.1, 0.15) is 12.0 Å². The number of alkyl halides is 2. The molecule has 0 aliphatic rings. The highest BCUT2D eigenvalue weighted by Crippen LogP contribution is 2.27. The molecule has 0 aliphatic heterocycles. The molecule has 70 valence electrons. The fraction of sp³-hybridized carbons (Fsp3) is 0.167. The van der Waals surface area contributed by atoms with E-state index in [1.165, 1.54) is 0 Å². The van der Waals surface area contributed by atoms with Gasteiger partial charge in [0, 0.05) is 6.07 Å². The summed E-state index contributed by atoms with van der Waals surface area (Å²) in [7, 11) is 0. The van der Waals surface area contributed by atoms with Gasteiger partial charge in [-0.25, -0.2) is 8.78 Å². The Balaban J connectivity index is 3.27. The third-order valence-electron chi connectivity index (χ3n) is 1.28. The molecule has 4 nitrogen and oxygen atoms in total. The molecule has 1 rings (SSSR count). The predicted octanol–water partition coefficient (Wildman–Crippen LogP) is 2.58. The average molecular weight is 209 g/mol. The lowest BCUT2D eigenvalue weighted by Gasteiger charge is -1.99. The molecular formula is C6H3ClF2N2O2. The standard InChI is InChI=1S/C6H3ClF2N2O2/c7-4-2-1-3(5(8)9)6(10-4)11(12)13/h1-2,5H. The molecule has 13 heavy (non-hydrogen) atoms. The number of pyridine rings is 1. The van der Waals surface area contributed by atoms with Crippen molar-refractivity contribution >= 4 is 17.4 Å². The van der Waals surface area contributed by atoms with Gasteiger partial charge in [-0.3, -0.25) is 0 Å². The van der Waals surface area contributed by atoms with Crippen molar-refractivity contribution in [2.75, 3.05) is 0 Å². The van der Waals surface area contributed by atoms with Crippen molar-refractivity contribution < 1.29 is 13.7 Å². The maximum Gasteiger partial charge on any atom is 0.374 e. The molecule has 0 saturated carbocycles. The van der Waals surface area contributed by atoms with Gasteiger partial charge in [0.25, 0.3) is 6.43 Å². The van der Waals surface area contributed by atoms with Gasteiger partial charge in [0.15, 0.2) is 0 Å². The highest BCUT2D eigenvalue weighted by atomic mass is 35.5. The molecule has 0 fully saturated rings. The molecule has 0 saturated heterocycles. The highest BCUT2D eigenvalue weighted by Gasteiger charge is 2.23. The summed E-state index contributed by atoms with van der Waals surface area (Å²) in [6, 6.07) is 1.97. The van der Waals surface area contributed by atoms with Gasteiger partial charge in [-0.1, -0.05) is 0 Å². The van der Waals surface area contributed by atoms with Gasteiger partial charge in [0.2, 0.25) is 5.15 Å². The van der Waals surface area contributed by atoms with Crippen LogP contribution in [0.15, 0.2) is 12.1 Å². The van der Waals surface area contributed by atoms with Crippen LogP contribution >= 0.6 is 11.6 Å². The summed E-state index contributed by atoms with van der Waals surface area (Å²) in [5, 5.41) is 10.0. The van der Waals surface area contributed by atoms with E-state index in [1.54, 1.807) is 0 Å². The van der Waals surface area contributed by atoms with Gasteiger partial charge in [-0.2, -0.15) is 0 Å². The summed E-state index contributed by atoms with van der Waals surface area (Å²) in [6.07, 6.45) is -2.93. The van der Waals surface area contributed by atoms with E-state index in [4.69, 9.17) is 11.6 Å². The molecule has 0 amide bonds. The minimum atomic E-state index is -2.93. The number of aromatic nitrogens is 1. The van der Waals surface area contributed by atoms with Crippen molar-refractivity contribution in [3.63, 3.8) is 0 Å². The molecule has 0 atom stereocenters.